The molecule has 5 heteroatoms. The van der Waals surface area contributed by atoms with Gasteiger partial charge in [-0.1, -0.05) is 42.5 Å². The maximum Gasteiger partial charge on any atom is 0.309 e. The molecule has 0 aliphatic heterocycles. The zero-order chi connectivity index (χ0) is 17.8. The molecule has 0 fully saturated rings. The van der Waals surface area contributed by atoms with Crippen LogP contribution in [0.1, 0.15) is 15.9 Å². The third kappa shape index (κ3) is 3.67. The molecule has 1 amide bonds. The Morgan fingerprint density at radius 1 is 0.960 bits per heavy atom. The maximum atomic E-state index is 12.5. The highest BCUT2D eigenvalue weighted by atomic mass is 16.5. The topological polar surface area (TPSA) is 66.8 Å². The number of hydroxylamine groups is 1. The molecular weight excluding hydrogens is 318 g/mol. The molecule has 0 aliphatic rings. The molecule has 0 atom stereocenters. The summed E-state index contributed by atoms with van der Waals surface area (Å²) < 4.78 is 4.61. The Kier molecular flexibility index (Phi) is 4.77. The van der Waals surface area contributed by atoms with Crippen molar-refractivity contribution in [3.8, 4) is 0 Å². The number of fused-ring (bicyclic) bond motifs is 1. The van der Waals surface area contributed by atoms with E-state index in [-0.39, 0.29) is 12.4 Å². The van der Waals surface area contributed by atoms with Crippen LogP contribution in [0.3, 0.4) is 0 Å². The number of benzene rings is 3. The molecule has 0 saturated carbocycles. The molecular formula is C20H17NO4. The lowest BCUT2D eigenvalue weighted by Crippen LogP contribution is -2.26. The SMILES string of the molecule is COC(=O)Cc1ccc(C(=O)N(O)c2ccc3ccccc3c2)cc1. The maximum absolute atomic E-state index is 12.5. The minimum Gasteiger partial charge on any atom is -0.469 e. The van der Waals surface area contributed by atoms with Crippen LogP contribution in [-0.2, 0) is 16.0 Å². The fourth-order valence-electron chi connectivity index (χ4n) is 2.55. The Morgan fingerprint density at radius 3 is 2.32 bits per heavy atom. The zero-order valence-electron chi connectivity index (χ0n) is 13.7. The lowest BCUT2D eigenvalue weighted by atomic mass is 10.1. The summed E-state index contributed by atoms with van der Waals surface area (Å²) in [5.41, 5.74) is 1.45. The lowest BCUT2D eigenvalue weighted by molar-refractivity contribution is -0.139. The van der Waals surface area contributed by atoms with Crippen LogP contribution in [0.15, 0.2) is 66.7 Å². The smallest absolute Gasteiger partial charge is 0.309 e. The van der Waals surface area contributed by atoms with E-state index in [9.17, 15) is 14.8 Å². The fraction of sp³-hybridized carbons (Fsp3) is 0.100. The fourth-order valence-corrected chi connectivity index (χ4v) is 2.55. The van der Waals surface area contributed by atoms with E-state index >= 15 is 0 Å². The van der Waals surface area contributed by atoms with Gasteiger partial charge in [-0.05, 0) is 40.6 Å². The van der Waals surface area contributed by atoms with E-state index in [1.807, 2.05) is 30.3 Å². The number of rotatable bonds is 4. The first kappa shape index (κ1) is 16.7. The van der Waals surface area contributed by atoms with Crippen molar-refractivity contribution in [1.82, 2.24) is 0 Å². The molecule has 0 aliphatic carbocycles. The van der Waals surface area contributed by atoms with Crippen molar-refractivity contribution >= 4 is 28.3 Å². The van der Waals surface area contributed by atoms with Gasteiger partial charge in [-0.2, -0.15) is 5.06 Å². The summed E-state index contributed by atoms with van der Waals surface area (Å²) >= 11 is 0. The number of methoxy groups -OCH3 is 1. The van der Waals surface area contributed by atoms with Gasteiger partial charge in [0.2, 0.25) is 0 Å². The molecule has 0 spiro atoms. The highest BCUT2D eigenvalue weighted by Gasteiger charge is 2.16. The number of hydrogen-bond acceptors (Lipinski definition) is 4. The van der Waals surface area contributed by atoms with Gasteiger partial charge in [0.15, 0.2) is 0 Å². The quantitative estimate of drug-likeness (QED) is 0.449. The largest absolute Gasteiger partial charge is 0.469 e. The van der Waals surface area contributed by atoms with Gasteiger partial charge in [0.05, 0.1) is 19.2 Å². The van der Waals surface area contributed by atoms with E-state index < -0.39 is 5.91 Å². The Labute approximate surface area is 145 Å². The van der Waals surface area contributed by atoms with E-state index in [4.69, 9.17) is 0 Å². The van der Waals surface area contributed by atoms with Crippen LogP contribution in [0.2, 0.25) is 0 Å². The minimum absolute atomic E-state index is 0.137. The number of ether oxygens (including phenoxy) is 1. The summed E-state index contributed by atoms with van der Waals surface area (Å²) in [6, 6.07) is 19.5. The average molecular weight is 335 g/mol. The van der Waals surface area contributed by atoms with Crippen LogP contribution >= 0.6 is 0 Å². The molecule has 0 unspecified atom stereocenters. The summed E-state index contributed by atoms with van der Waals surface area (Å²) in [6.45, 7) is 0. The van der Waals surface area contributed by atoms with E-state index in [1.165, 1.54) is 7.11 Å². The number of hydrogen-bond donors (Lipinski definition) is 1. The van der Waals surface area contributed by atoms with E-state index in [0.717, 1.165) is 16.3 Å². The highest BCUT2D eigenvalue weighted by molar-refractivity contribution is 6.05. The van der Waals surface area contributed by atoms with Crippen molar-refractivity contribution in [2.45, 2.75) is 6.42 Å². The monoisotopic (exact) mass is 335 g/mol. The predicted octanol–water partition coefficient (Wildman–Crippen LogP) is 3.59. The van der Waals surface area contributed by atoms with Crippen molar-refractivity contribution in [1.29, 1.82) is 0 Å². The van der Waals surface area contributed by atoms with Gasteiger partial charge in [-0.15, -0.1) is 0 Å². The van der Waals surface area contributed by atoms with Crippen LogP contribution < -0.4 is 5.06 Å². The normalized spacial score (nSPS) is 10.5. The summed E-state index contributed by atoms with van der Waals surface area (Å²) in [6.07, 6.45) is 0.137. The average Bonchev–Trinajstić information content (AvgIpc) is 2.67. The standard InChI is InChI=1S/C20H17NO4/c1-25-19(22)12-14-6-8-16(9-7-14)20(23)21(24)18-11-10-15-4-2-3-5-17(15)13-18/h2-11,13,24H,12H2,1H3. The van der Waals surface area contributed by atoms with Gasteiger partial charge in [0.25, 0.3) is 5.91 Å². The van der Waals surface area contributed by atoms with Gasteiger partial charge in [-0.25, -0.2) is 0 Å². The van der Waals surface area contributed by atoms with Crippen LogP contribution in [0.25, 0.3) is 10.8 Å². The summed E-state index contributed by atoms with van der Waals surface area (Å²) in [5.74, 6) is -0.890. The third-order valence-corrected chi connectivity index (χ3v) is 3.95. The van der Waals surface area contributed by atoms with Gasteiger partial charge in [0.1, 0.15) is 0 Å². The number of carbonyl (C=O) groups is 2. The molecule has 0 radical (unpaired) electrons. The van der Waals surface area contributed by atoms with E-state index in [1.54, 1.807) is 36.4 Å². The van der Waals surface area contributed by atoms with Gasteiger partial charge in [0, 0.05) is 5.56 Å². The molecule has 0 bridgehead atoms. The molecule has 126 valence electrons. The van der Waals surface area contributed by atoms with Crippen LogP contribution in [-0.4, -0.2) is 24.2 Å². The van der Waals surface area contributed by atoms with Gasteiger partial charge >= 0.3 is 5.97 Å². The molecule has 3 rings (SSSR count). The first-order chi connectivity index (χ1) is 12.1. The number of anilines is 1. The molecule has 5 nitrogen and oxygen atoms in total. The van der Waals surface area contributed by atoms with Crippen molar-refractivity contribution in [3.05, 3.63) is 77.9 Å². The summed E-state index contributed by atoms with van der Waals surface area (Å²) in [7, 11) is 1.33. The lowest BCUT2D eigenvalue weighted by Gasteiger charge is -2.16. The van der Waals surface area contributed by atoms with Gasteiger partial charge in [-0.3, -0.25) is 14.8 Å². The van der Waals surface area contributed by atoms with Crippen molar-refractivity contribution in [2.75, 3.05) is 12.2 Å². The first-order valence-corrected chi connectivity index (χ1v) is 7.76. The Balaban J connectivity index is 1.80. The molecule has 0 aromatic heterocycles. The second kappa shape index (κ2) is 7.15. The van der Waals surface area contributed by atoms with Crippen molar-refractivity contribution in [2.24, 2.45) is 0 Å². The molecule has 0 saturated heterocycles. The molecule has 3 aromatic carbocycles. The van der Waals surface area contributed by atoms with Crippen molar-refractivity contribution < 1.29 is 19.5 Å². The Hall–Kier alpha value is -3.18. The number of esters is 1. The zero-order valence-corrected chi connectivity index (χ0v) is 13.7. The second-order valence-corrected chi connectivity index (χ2v) is 5.60. The number of carbonyl (C=O) groups excluding carboxylic acids is 2. The number of amides is 1. The van der Waals surface area contributed by atoms with Crippen LogP contribution in [0, 0.1) is 0 Å². The van der Waals surface area contributed by atoms with E-state index in [2.05, 4.69) is 4.74 Å². The number of nitrogens with zero attached hydrogens (tertiary/aromatic N) is 1. The Morgan fingerprint density at radius 2 is 1.64 bits per heavy atom. The third-order valence-electron chi connectivity index (χ3n) is 3.95. The molecule has 3 aromatic rings. The molecule has 1 N–H and O–H groups in total. The van der Waals surface area contributed by atoms with Crippen LogP contribution in [0.4, 0.5) is 5.69 Å². The predicted molar refractivity (Wildman–Crippen MR) is 94.7 cm³/mol. The van der Waals surface area contributed by atoms with Crippen LogP contribution in [0.5, 0.6) is 0 Å². The molecule has 0 heterocycles. The molecule has 25 heavy (non-hydrogen) atoms. The van der Waals surface area contributed by atoms with E-state index in [0.29, 0.717) is 16.3 Å². The first-order valence-electron chi connectivity index (χ1n) is 7.76. The minimum atomic E-state index is -0.542. The van der Waals surface area contributed by atoms with Crippen molar-refractivity contribution in [3.63, 3.8) is 0 Å². The summed E-state index contributed by atoms with van der Waals surface area (Å²) in [5, 5.41) is 12.8. The Bertz CT molecular complexity index is 918. The highest BCUT2D eigenvalue weighted by Crippen LogP contribution is 2.22. The second-order valence-electron chi connectivity index (χ2n) is 5.60. The van der Waals surface area contributed by atoms with Gasteiger partial charge < -0.3 is 4.74 Å². The summed E-state index contributed by atoms with van der Waals surface area (Å²) in [4.78, 5) is 23.7.